The van der Waals surface area contributed by atoms with Crippen LogP contribution in [0.25, 0.3) is 0 Å². The van der Waals surface area contributed by atoms with Gasteiger partial charge in [-0.25, -0.2) is 0 Å². The van der Waals surface area contributed by atoms with E-state index in [0.717, 1.165) is 17.8 Å². The Balaban J connectivity index is 1.53. The molecule has 8 heteroatoms. The zero-order chi connectivity index (χ0) is 23.6. The number of pyridine rings is 1. The number of hydrogen-bond acceptors (Lipinski definition) is 3. The Kier molecular flexibility index (Phi) is 6.18. The molecule has 0 bridgehead atoms. The normalized spacial score (nSPS) is 16.4. The van der Waals surface area contributed by atoms with E-state index >= 15 is 0 Å². The smallest absolute Gasteiger partial charge is 0.350 e. The Morgan fingerprint density at radius 1 is 1.06 bits per heavy atom. The molecule has 0 aliphatic carbocycles. The number of benzene rings is 2. The van der Waals surface area contributed by atoms with Gasteiger partial charge in [-0.3, -0.25) is 14.6 Å². The third kappa shape index (κ3) is 4.74. The topological polar surface area (TPSA) is 62.3 Å². The minimum Gasteiger partial charge on any atom is -0.350 e. The number of hydrogen-bond donors (Lipinski definition) is 1. The molecule has 0 radical (unpaired) electrons. The van der Waals surface area contributed by atoms with Crippen molar-refractivity contribution in [1.29, 1.82) is 0 Å². The highest BCUT2D eigenvalue weighted by molar-refractivity contribution is 6.04. The lowest BCUT2D eigenvalue weighted by atomic mass is 10.0. The van der Waals surface area contributed by atoms with Crippen molar-refractivity contribution < 1.29 is 22.8 Å². The predicted octanol–water partition coefficient (Wildman–Crippen LogP) is 4.54. The number of nitrogens with one attached hydrogen (secondary N) is 1. The Morgan fingerprint density at radius 3 is 2.42 bits per heavy atom. The molecule has 1 aromatic heterocycles. The quantitative estimate of drug-likeness (QED) is 0.596. The summed E-state index contributed by atoms with van der Waals surface area (Å²) in [5.41, 5.74) is 1.67. The van der Waals surface area contributed by atoms with E-state index in [1.165, 1.54) is 12.1 Å². The lowest BCUT2D eigenvalue weighted by Gasteiger charge is -2.30. The number of carbonyl (C=O) groups is 2. The summed E-state index contributed by atoms with van der Waals surface area (Å²) in [4.78, 5) is 32.3. The van der Waals surface area contributed by atoms with E-state index in [1.807, 2.05) is 25.1 Å². The second-order valence-electron chi connectivity index (χ2n) is 7.99. The van der Waals surface area contributed by atoms with Crippen molar-refractivity contribution >= 4 is 11.8 Å². The van der Waals surface area contributed by atoms with E-state index in [9.17, 15) is 22.8 Å². The number of nitrogens with zero attached hydrogens (tertiary/aromatic N) is 2. The molecule has 0 fully saturated rings. The summed E-state index contributed by atoms with van der Waals surface area (Å²) < 4.78 is 38.3. The third-order valence-electron chi connectivity index (χ3n) is 5.70. The van der Waals surface area contributed by atoms with Crippen molar-refractivity contribution in [3.8, 4) is 0 Å². The highest BCUT2D eigenvalue weighted by Gasteiger charge is 2.43. The van der Waals surface area contributed by atoms with Gasteiger partial charge in [-0.2, -0.15) is 13.2 Å². The Bertz CT molecular complexity index is 1150. The largest absolute Gasteiger partial charge is 0.416 e. The summed E-state index contributed by atoms with van der Waals surface area (Å²) >= 11 is 0. The van der Waals surface area contributed by atoms with E-state index < -0.39 is 17.8 Å². The van der Waals surface area contributed by atoms with Crippen LogP contribution >= 0.6 is 0 Å². The Hall–Kier alpha value is -3.68. The van der Waals surface area contributed by atoms with Crippen molar-refractivity contribution in [2.45, 2.75) is 38.1 Å². The van der Waals surface area contributed by atoms with Gasteiger partial charge in [0.25, 0.3) is 5.91 Å². The molecule has 2 amide bonds. The van der Waals surface area contributed by atoms with Crippen LogP contribution in [0.1, 0.15) is 45.7 Å². The standard InChI is InChI=1S/C25H22F3N3O2/c1-16(14-19-6-4-5-13-29-19)31-22(20-7-2-3-8-21(20)24(31)33)23(32)30-15-17-9-11-18(12-10-17)25(26,27)28/h2-13,16,22H,14-15H2,1H3,(H,30,32). The highest BCUT2D eigenvalue weighted by atomic mass is 19.4. The van der Waals surface area contributed by atoms with E-state index in [0.29, 0.717) is 23.1 Å². The molecular weight excluding hydrogens is 431 g/mol. The van der Waals surface area contributed by atoms with Crippen LogP contribution < -0.4 is 5.32 Å². The van der Waals surface area contributed by atoms with Crippen LogP contribution in [-0.2, 0) is 23.9 Å². The minimum atomic E-state index is -4.42. The summed E-state index contributed by atoms with van der Waals surface area (Å²) in [5, 5.41) is 2.78. The maximum atomic E-state index is 13.2. The number of aromatic nitrogens is 1. The fraction of sp³-hybridized carbons (Fsp3) is 0.240. The number of fused-ring (bicyclic) bond motifs is 1. The van der Waals surface area contributed by atoms with Crippen LogP contribution in [0, 0.1) is 0 Å². The van der Waals surface area contributed by atoms with Crippen molar-refractivity contribution in [2.24, 2.45) is 0 Å². The van der Waals surface area contributed by atoms with Crippen molar-refractivity contribution in [1.82, 2.24) is 15.2 Å². The molecule has 170 valence electrons. The van der Waals surface area contributed by atoms with Crippen LogP contribution in [0.2, 0.25) is 0 Å². The van der Waals surface area contributed by atoms with E-state index in [2.05, 4.69) is 10.3 Å². The first-order valence-electron chi connectivity index (χ1n) is 10.5. The van der Waals surface area contributed by atoms with Gasteiger partial charge in [-0.05, 0) is 48.4 Å². The zero-order valence-corrected chi connectivity index (χ0v) is 17.8. The number of rotatable bonds is 6. The summed E-state index contributed by atoms with van der Waals surface area (Å²) in [5.74, 6) is -0.621. The van der Waals surface area contributed by atoms with Crippen LogP contribution in [0.15, 0.2) is 72.9 Å². The van der Waals surface area contributed by atoms with Gasteiger partial charge in [0.1, 0.15) is 6.04 Å². The molecule has 0 saturated heterocycles. The Labute approximate surface area is 189 Å². The summed E-state index contributed by atoms with van der Waals surface area (Å²) in [6, 6.07) is 16.0. The molecule has 1 aliphatic rings. The summed E-state index contributed by atoms with van der Waals surface area (Å²) in [7, 11) is 0. The lowest BCUT2D eigenvalue weighted by Crippen LogP contribution is -2.44. The second kappa shape index (κ2) is 9.05. The van der Waals surface area contributed by atoms with E-state index in [4.69, 9.17) is 0 Å². The van der Waals surface area contributed by atoms with Gasteiger partial charge in [0.15, 0.2) is 0 Å². The number of amides is 2. The molecule has 1 aliphatic heterocycles. The van der Waals surface area contributed by atoms with Crippen molar-refractivity contribution in [2.75, 3.05) is 0 Å². The van der Waals surface area contributed by atoms with Crippen molar-refractivity contribution in [3.63, 3.8) is 0 Å². The molecule has 3 aromatic rings. The lowest BCUT2D eigenvalue weighted by molar-refractivity contribution is -0.137. The molecule has 5 nitrogen and oxygen atoms in total. The van der Waals surface area contributed by atoms with Crippen molar-refractivity contribution in [3.05, 3.63) is 101 Å². The molecule has 2 unspecified atom stereocenters. The number of halogens is 3. The van der Waals surface area contributed by atoms with E-state index in [-0.39, 0.29) is 24.4 Å². The van der Waals surface area contributed by atoms with Gasteiger partial charge in [-0.1, -0.05) is 36.4 Å². The monoisotopic (exact) mass is 453 g/mol. The first-order valence-corrected chi connectivity index (χ1v) is 10.5. The van der Waals surface area contributed by atoms with Gasteiger partial charge in [0.05, 0.1) is 5.56 Å². The average Bonchev–Trinajstić information content (AvgIpc) is 3.10. The first-order chi connectivity index (χ1) is 15.8. The molecule has 4 rings (SSSR count). The van der Waals surface area contributed by atoms with Gasteiger partial charge >= 0.3 is 6.18 Å². The number of alkyl halides is 3. The number of carbonyl (C=O) groups excluding carboxylic acids is 2. The molecule has 0 saturated carbocycles. The third-order valence-corrected chi connectivity index (χ3v) is 5.70. The van der Waals surface area contributed by atoms with Crippen LogP contribution in [0.3, 0.4) is 0 Å². The van der Waals surface area contributed by atoms with Crippen LogP contribution in [0.4, 0.5) is 13.2 Å². The first kappa shape index (κ1) is 22.5. The fourth-order valence-corrected chi connectivity index (χ4v) is 4.08. The zero-order valence-electron chi connectivity index (χ0n) is 17.8. The summed E-state index contributed by atoms with van der Waals surface area (Å²) in [6.07, 6.45) is -2.26. The molecule has 2 heterocycles. The maximum Gasteiger partial charge on any atom is 0.416 e. The maximum absolute atomic E-state index is 13.2. The average molecular weight is 453 g/mol. The fourth-order valence-electron chi connectivity index (χ4n) is 4.08. The van der Waals surface area contributed by atoms with Gasteiger partial charge < -0.3 is 10.2 Å². The molecule has 0 spiro atoms. The van der Waals surface area contributed by atoms with Gasteiger partial charge in [0, 0.05) is 36.5 Å². The molecule has 1 N–H and O–H groups in total. The molecular formula is C25H22F3N3O2. The molecule has 2 atom stereocenters. The Morgan fingerprint density at radius 2 is 1.76 bits per heavy atom. The highest BCUT2D eigenvalue weighted by Crippen LogP contribution is 2.36. The van der Waals surface area contributed by atoms with Crippen LogP contribution in [0.5, 0.6) is 0 Å². The molecule has 33 heavy (non-hydrogen) atoms. The molecule has 2 aromatic carbocycles. The SMILES string of the molecule is CC(Cc1ccccn1)N1C(=O)c2ccccc2C1C(=O)NCc1ccc(C(F)(F)F)cc1. The van der Waals surface area contributed by atoms with Crippen LogP contribution in [-0.4, -0.2) is 27.7 Å². The second-order valence-corrected chi connectivity index (χ2v) is 7.99. The predicted molar refractivity (Wildman–Crippen MR) is 116 cm³/mol. The van der Waals surface area contributed by atoms with Gasteiger partial charge in [-0.15, -0.1) is 0 Å². The van der Waals surface area contributed by atoms with Gasteiger partial charge in [0.2, 0.25) is 5.91 Å². The summed E-state index contributed by atoms with van der Waals surface area (Å²) in [6.45, 7) is 1.92. The van der Waals surface area contributed by atoms with E-state index in [1.54, 1.807) is 35.4 Å². The minimum absolute atomic E-state index is 0.0479.